The van der Waals surface area contributed by atoms with Crippen LogP contribution in [0.25, 0.3) is 0 Å². The summed E-state index contributed by atoms with van der Waals surface area (Å²) in [4.78, 5) is 4.38. The molecule has 0 unspecified atom stereocenters. The van der Waals surface area contributed by atoms with Gasteiger partial charge in [-0.3, -0.25) is 4.98 Å². The third-order valence-corrected chi connectivity index (χ3v) is 5.10. The Morgan fingerprint density at radius 3 is 2.71 bits per heavy atom. The van der Waals surface area contributed by atoms with E-state index in [0.29, 0.717) is 17.1 Å². The third kappa shape index (κ3) is 2.38. The van der Waals surface area contributed by atoms with Gasteiger partial charge in [-0.15, -0.1) is 0 Å². The Kier molecular flexibility index (Phi) is 3.57. The van der Waals surface area contributed by atoms with Crippen LogP contribution in [0.1, 0.15) is 35.2 Å². The third-order valence-electron chi connectivity index (χ3n) is 4.78. The largest absolute Gasteiger partial charge is 0.416 e. The van der Waals surface area contributed by atoms with Gasteiger partial charge in [-0.25, -0.2) is 0 Å². The van der Waals surface area contributed by atoms with E-state index in [9.17, 15) is 13.2 Å². The van der Waals surface area contributed by atoms with E-state index < -0.39 is 11.7 Å². The maximum absolute atomic E-state index is 13.5. The van der Waals surface area contributed by atoms with Crippen molar-refractivity contribution < 1.29 is 13.2 Å². The summed E-state index contributed by atoms with van der Waals surface area (Å²) >= 11 is 6.23. The highest BCUT2D eigenvalue weighted by molar-refractivity contribution is 6.33. The number of allylic oxidation sites excluding steroid dienone is 2. The fourth-order valence-corrected chi connectivity index (χ4v) is 3.99. The normalized spacial score (nSPS) is 25.1. The molecule has 2 nitrogen and oxygen atoms in total. The Hall–Kier alpha value is -2.01. The fraction of sp³-hybridized carbons (Fsp3) is 0.278. The van der Waals surface area contributed by atoms with E-state index >= 15 is 0 Å². The van der Waals surface area contributed by atoms with Crippen LogP contribution in [0, 0.1) is 5.92 Å². The van der Waals surface area contributed by atoms with Gasteiger partial charge in [-0.2, -0.15) is 13.2 Å². The first-order chi connectivity index (χ1) is 11.5. The highest BCUT2D eigenvalue weighted by atomic mass is 35.5. The maximum atomic E-state index is 13.5. The van der Waals surface area contributed by atoms with Crippen LogP contribution in [0.4, 0.5) is 18.9 Å². The van der Waals surface area contributed by atoms with Crippen LogP contribution in [-0.4, -0.2) is 4.98 Å². The fourth-order valence-electron chi connectivity index (χ4n) is 3.77. The second-order valence-electron chi connectivity index (χ2n) is 6.11. The average Bonchev–Trinajstić information content (AvgIpc) is 3.04. The molecule has 0 fully saturated rings. The second kappa shape index (κ2) is 5.52. The lowest BCUT2D eigenvalue weighted by atomic mass is 9.76. The molecule has 1 aromatic carbocycles. The van der Waals surface area contributed by atoms with Crippen molar-refractivity contribution >= 4 is 17.3 Å². The lowest BCUT2D eigenvalue weighted by Crippen LogP contribution is -2.31. The number of halogens is 4. The first kappa shape index (κ1) is 15.5. The minimum atomic E-state index is -4.41. The van der Waals surface area contributed by atoms with E-state index in [1.165, 1.54) is 6.07 Å². The molecule has 1 N–H and O–H groups in total. The van der Waals surface area contributed by atoms with Crippen molar-refractivity contribution in [2.75, 3.05) is 5.32 Å². The maximum Gasteiger partial charge on any atom is 0.416 e. The molecule has 0 amide bonds. The number of alkyl halides is 3. The van der Waals surface area contributed by atoms with Crippen molar-refractivity contribution in [3.63, 3.8) is 0 Å². The molecule has 0 spiro atoms. The zero-order valence-electron chi connectivity index (χ0n) is 12.5. The Morgan fingerprint density at radius 2 is 2.00 bits per heavy atom. The van der Waals surface area contributed by atoms with E-state index in [0.717, 1.165) is 11.8 Å². The summed E-state index contributed by atoms with van der Waals surface area (Å²) < 4.78 is 40.4. The van der Waals surface area contributed by atoms with Crippen molar-refractivity contribution in [1.29, 1.82) is 0 Å². The number of anilines is 1. The van der Waals surface area contributed by atoms with Gasteiger partial charge in [-0.05, 0) is 42.2 Å². The van der Waals surface area contributed by atoms with Gasteiger partial charge < -0.3 is 5.32 Å². The molecule has 1 aliphatic heterocycles. The van der Waals surface area contributed by atoms with E-state index in [1.54, 1.807) is 6.20 Å². The van der Waals surface area contributed by atoms with Gasteiger partial charge in [-0.1, -0.05) is 29.8 Å². The summed E-state index contributed by atoms with van der Waals surface area (Å²) in [5.41, 5.74) is 0.821. The number of nitrogens with one attached hydrogen (secondary N) is 1. The number of fused-ring (bicyclic) bond motifs is 3. The molecular weight excluding hydrogens is 337 g/mol. The van der Waals surface area contributed by atoms with Crippen molar-refractivity contribution in [2.24, 2.45) is 5.92 Å². The number of hydrogen-bond acceptors (Lipinski definition) is 2. The molecule has 124 valence electrons. The number of benzene rings is 1. The zero-order chi connectivity index (χ0) is 16.9. The SMILES string of the molecule is FC(F)(F)c1ccc(Cl)c2c1[C@@H]1C=CC[C@H]1[C@@H](c1ccccn1)N2. The van der Waals surface area contributed by atoms with Gasteiger partial charge >= 0.3 is 6.18 Å². The molecule has 2 aliphatic rings. The van der Waals surface area contributed by atoms with Crippen LogP contribution in [-0.2, 0) is 6.18 Å². The van der Waals surface area contributed by atoms with Crippen LogP contribution in [0.5, 0.6) is 0 Å². The Bertz CT molecular complexity index is 802. The predicted molar refractivity (Wildman–Crippen MR) is 87.0 cm³/mol. The van der Waals surface area contributed by atoms with Crippen LogP contribution < -0.4 is 5.32 Å². The lowest BCUT2D eigenvalue weighted by Gasteiger charge is -2.38. The van der Waals surface area contributed by atoms with Gasteiger partial charge in [0.15, 0.2) is 0 Å². The number of rotatable bonds is 1. The van der Waals surface area contributed by atoms with E-state index in [2.05, 4.69) is 10.3 Å². The molecule has 1 aliphatic carbocycles. The Labute approximate surface area is 142 Å². The molecule has 4 rings (SSSR count). The van der Waals surface area contributed by atoms with Gasteiger partial charge in [0.2, 0.25) is 0 Å². The van der Waals surface area contributed by atoms with Crippen LogP contribution in [0.15, 0.2) is 48.7 Å². The van der Waals surface area contributed by atoms with E-state index in [-0.39, 0.29) is 23.4 Å². The van der Waals surface area contributed by atoms with E-state index in [4.69, 9.17) is 11.6 Å². The molecule has 0 radical (unpaired) electrons. The van der Waals surface area contributed by atoms with Crippen molar-refractivity contribution in [1.82, 2.24) is 4.98 Å². The summed E-state index contributed by atoms with van der Waals surface area (Å²) in [6.07, 6.45) is 1.81. The van der Waals surface area contributed by atoms with Crippen LogP contribution in [0.3, 0.4) is 0 Å². The highest BCUT2D eigenvalue weighted by Gasteiger charge is 2.45. The number of aromatic nitrogens is 1. The monoisotopic (exact) mass is 350 g/mol. The summed E-state index contributed by atoms with van der Waals surface area (Å²) in [5.74, 6) is -0.324. The second-order valence-corrected chi connectivity index (χ2v) is 6.52. The summed E-state index contributed by atoms with van der Waals surface area (Å²) in [5, 5.41) is 3.53. The van der Waals surface area contributed by atoms with Crippen molar-refractivity contribution in [3.05, 3.63) is 70.5 Å². The number of nitrogens with zero attached hydrogens (tertiary/aromatic N) is 1. The van der Waals surface area contributed by atoms with Gasteiger partial charge in [0, 0.05) is 12.1 Å². The van der Waals surface area contributed by atoms with Crippen LogP contribution >= 0.6 is 11.6 Å². The molecule has 1 aromatic heterocycles. The standard InChI is InChI=1S/C18H14ClF3N2/c19-13-8-7-12(18(20,21)22)15-10-4-3-5-11(10)16(24-17(13)15)14-6-1-2-9-23-14/h1-4,6-11,16,24H,5H2/t10-,11-,16+/m1/s1. The van der Waals surface area contributed by atoms with Crippen molar-refractivity contribution in [3.8, 4) is 0 Å². The molecule has 2 aromatic rings. The molecule has 3 atom stereocenters. The lowest BCUT2D eigenvalue weighted by molar-refractivity contribution is -0.138. The minimum absolute atomic E-state index is 0.00744. The topological polar surface area (TPSA) is 24.9 Å². The minimum Gasteiger partial charge on any atom is -0.375 e. The predicted octanol–water partition coefficient (Wildman–Crippen LogP) is 5.58. The molecule has 0 saturated carbocycles. The van der Waals surface area contributed by atoms with Crippen LogP contribution in [0.2, 0.25) is 5.02 Å². The molecule has 0 saturated heterocycles. The average molecular weight is 351 g/mol. The zero-order valence-corrected chi connectivity index (χ0v) is 13.3. The first-order valence-corrected chi connectivity index (χ1v) is 8.08. The summed E-state index contributed by atoms with van der Waals surface area (Å²) in [7, 11) is 0. The first-order valence-electron chi connectivity index (χ1n) is 7.70. The molecule has 0 bridgehead atoms. The Balaban J connectivity index is 1.89. The van der Waals surface area contributed by atoms with Gasteiger partial charge in [0.1, 0.15) is 0 Å². The Morgan fingerprint density at radius 1 is 1.17 bits per heavy atom. The molecule has 24 heavy (non-hydrogen) atoms. The number of hydrogen-bond donors (Lipinski definition) is 1. The highest BCUT2D eigenvalue weighted by Crippen LogP contribution is 2.54. The van der Waals surface area contributed by atoms with E-state index in [1.807, 2.05) is 30.4 Å². The molecule has 2 heterocycles. The smallest absolute Gasteiger partial charge is 0.375 e. The summed E-state index contributed by atoms with van der Waals surface area (Å²) in [6, 6.07) is 7.81. The quantitative estimate of drug-likeness (QED) is 0.679. The number of pyridine rings is 1. The van der Waals surface area contributed by atoms with Crippen molar-refractivity contribution in [2.45, 2.75) is 24.6 Å². The summed E-state index contributed by atoms with van der Waals surface area (Å²) in [6.45, 7) is 0. The van der Waals surface area contributed by atoms with Gasteiger partial charge in [0.25, 0.3) is 0 Å². The molecular formula is C18H14ClF3N2. The molecule has 6 heteroatoms. The van der Waals surface area contributed by atoms with Gasteiger partial charge in [0.05, 0.1) is 28.0 Å².